The molecule has 1 N–H and O–H groups in total. The number of piperidine rings is 1. The van der Waals surface area contributed by atoms with Gasteiger partial charge in [0.2, 0.25) is 0 Å². The van der Waals surface area contributed by atoms with Crippen molar-refractivity contribution in [1.82, 2.24) is 20.2 Å². The predicted molar refractivity (Wildman–Crippen MR) is 71.6 cm³/mol. The van der Waals surface area contributed by atoms with Gasteiger partial charge in [-0.05, 0) is 38.3 Å². The molecule has 3 heterocycles. The van der Waals surface area contributed by atoms with E-state index in [9.17, 15) is 0 Å². The molecule has 2 aliphatic heterocycles. The second-order valence-corrected chi connectivity index (χ2v) is 5.79. The van der Waals surface area contributed by atoms with Crippen LogP contribution >= 0.6 is 11.6 Å². The molecule has 0 radical (unpaired) electrons. The molecule has 1 aromatic rings. The highest BCUT2D eigenvalue weighted by atomic mass is 35.5. The number of nitrogens with zero attached hydrogens (tertiary/aromatic N) is 3. The quantitative estimate of drug-likeness (QED) is 0.826. The minimum absolute atomic E-state index is 0.548. The summed E-state index contributed by atoms with van der Waals surface area (Å²) in [6.45, 7) is 6.21. The van der Waals surface area contributed by atoms with Gasteiger partial charge in [0, 0.05) is 24.8 Å². The Morgan fingerprint density at radius 3 is 3.11 bits per heavy atom. The highest BCUT2D eigenvalue weighted by molar-refractivity contribution is 6.29. The van der Waals surface area contributed by atoms with Crippen LogP contribution in [0.3, 0.4) is 0 Å². The van der Waals surface area contributed by atoms with Crippen molar-refractivity contribution in [3.05, 3.63) is 22.7 Å². The first-order valence-electron chi connectivity index (χ1n) is 6.66. The molecule has 0 spiro atoms. The molecule has 2 fully saturated rings. The van der Waals surface area contributed by atoms with E-state index in [1.54, 1.807) is 6.07 Å². The standard InChI is InChI=1S/C13H19ClN4/c1-9-5-12(14)17-13(16-9)8-18-6-10-3-2-4-15-11(10)7-18/h5,10-11,15H,2-4,6-8H2,1H3/t10-,11+/m0/s1. The molecule has 2 saturated heterocycles. The molecule has 0 aromatic carbocycles. The van der Waals surface area contributed by atoms with E-state index in [1.807, 2.05) is 6.92 Å². The van der Waals surface area contributed by atoms with Crippen LogP contribution in [0.25, 0.3) is 0 Å². The van der Waals surface area contributed by atoms with Crippen LogP contribution < -0.4 is 5.32 Å². The van der Waals surface area contributed by atoms with Crippen molar-refractivity contribution < 1.29 is 0 Å². The van der Waals surface area contributed by atoms with Crippen LogP contribution in [0.2, 0.25) is 5.15 Å². The fraction of sp³-hybridized carbons (Fsp3) is 0.692. The number of aryl methyl sites for hydroxylation is 1. The van der Waals surface area contributed by atoms with Gasteiger partial charge in [-0.3, -0.25) is 4.90 Å². The molecule has 3 rings (SSSR count). The van der Waals surface area contributed by atoms with Crippen LogP contribution in [0.5, 0.6) is 0 Å². The molecule has 2 aliphatic rings. The first-order chi connectivity index (χ1) is 8.70. The van der Waals surface area contributed by atoms with Crippen molar-refractivity contribution in [2.45, 2.75) is 32.4 Å². The van der Waals surface area contributed by atoms with Crippen LogP contribution in [-0.4, -0.2) is 40.5 Å². The van der Waals surface area contributed by atoms with Gasteiger partial charge >= 0.3 is 0 Å². The number of hydrogen-bond acceptors (Lipinski definition) is 4. The summed E-state index contributed by atoms with van der Waals surface area (Å²) in [4.78, 5) is 11.2. The van der Waals surface area contributed by atoms with Gasteiger partial charge in [0.05, 0.1) is 6.54 Å². The molecule has 0 unspecified atom stereocenters. The molecule has 98 valence electrons. The molecule has 0 saturated carbocycles. The highest BCUT2D eigenvalue weighted by Crippen LogP contribution is 2.25. The number of fused-ring (bicyclic) bond motifs is 1. The van der Waals surface area contributed by atoms with Crippen molar-refractivity contribution in [1.29, 1.82) is 0 Å². The summed E-state index contributed by atoms with van der Waals surface area (Å²) in [5, 5.41) is 4.16. The van der Waals surface area contributed by atoms with Gasteiger partial charge in [-0.25, -0.2) is 9.97 Å². The summed E-state index contributed by atoms with van der Waals surface area (Å²) in [7, 11) is 0. The van der Waals surface area contributed by atoms with E-state index in [1.165, 1.54) is 19.4 Å². The maximum atomic E-state index is 5.98. The fourth-order valence-electron chi connectivity index (χ4n) is 3.12. The van der Waals surface area contributed by atoms with Crippen molar-refractivity contribution in [3.8, 4) is 0 Å². The van der Waals surface area contributed by atoms with Crippen molar-refractivity contribution in [2.24, 2.45) is 5.92 Å². The monoisotopic (exact) mass is 266 g/mol. The zero-order valence-corrected chi connectivity index (χ0v) is 11.5. The maximum Gasteiger partial charge on any atom is 0.144 e. The largest absolute Gasteiger partial charge is 0.312 e. The molecule has 2 atom stereocenters. The molecule has 4 nitrogen and oxygen atoms in total. The van der Waals surface area contributed by atoms with E-state index in [-0.39, 0.29) is 0 Å². The molecule has 18 heavy (non-hydrogen) atoms. The Labute approximate surface area is 113 Å². The van der Waals surface area contributed by atoms with E-state index in [0.717, 1.165) is 37.1 Å². The topological polar surface area (TPSA) is 41.1 Å². The third-order valence-electron chi connectivity index (χ3n) is 3.91. The van der Waals surface area contributed by atoms with E-state index in [0.29, 0.717) is 11.2 Å². The van der Waals surface area contributed by atoms with Crippen LogP contribution in [-0.2, 0) is 6.54 Å². The number of rotatable bonds is 2. The van der Waals surface area contributed by atoms with Gasteiger partial charge in [0.15, 0.2) is 0 Å². The second-order valence-electron chi connectivity index (χ2n) is 5.41. The Bertz CT molecular complexity index is 403. The summed E-state index contributed by atoms with van der Waals surface area (Å²) in [5.41, 5.74) is 0.944. The van der Waals surface area contributed by atoms with Gasteiger partial charge in [-0.15, -0.1) is 0 Å². The maximum absolute atomic E-state index is 5.98. The lowest BCUT2D eigenvalue weighted by molar-refractivity contribution is 0.305. The number of nitrogens with one attached hydrogen (secondary N) is 1. The summed E-state index contributed by atoms with van der Waals surface area (Å²) >= 11 is 5.98. The van der Waals surface area contributed by atoms with Crippen LogP contribution in [0.15, 0.2) is 6.07 Å². The van der Waals surface area contributed by atoms with Crippen molar-refractivity contribution in [3.63, 3.8) is 0 Å². The fourth-order valence-corrected chi connectivity index (χ4v) is 3.38. The van der Waals surface area contributed by atoms with Gasteiger partial charge in [0.25, 0.3) is 0 Å². The van der Waals surface area contributed by atoms with Crippen molar-refractivity contribution in [2.75, 3.05) is 19.6 Å². The Balaban J connectivity index is 1.66. The lowest BCUT2D eigenvalue weighted by Gasteiger charge is -2.24. The number of likely N-dealkylation sites (tertiary alicyclic amines) is 1. The average molecular weight is 267 g/mol. The number of aromatic nitrogens is 2. The third-order valence-corrected chi connectivity index (χ3v) is 4.10. The predicted octanol–water partition coefficient (Wildman–Crippen LogP) is 1.62. The van der Waals surface area contributed by atoms with Crippen LogP contribution in [0.4, 0.5) is 0 Å². The minimum Gasteiger partial charge on any atom is -0.312 e. The number of halogens is 1. The van der Waals surface area contributed by atoms with E-state index >= 15 is 0 Å². The normalized spacial score (nSPS) is 28.3. The molecule has 1 aromatic heterocycles. The van der Waals surface area contributed by atoms with Gasteiger partial charge in [-0.1, -0.05) is 11.6 Å². The van der Waals surface area contributed by atoms with Gasteiger partial charge in [-0.2, -0.15) is 0 Å². The van der Waals surface area contributed by atoms with E-state index < -0.39 is 0 Å². The molecule has 0 amide bonds. The van der Waals surface area contributed by atoms with E-state index in [2.05, 4.69) is 20.2 Å². The molecular weight excluding hydrogens is 248 g/mol. The molecular formula is C13H19ClN4. The Kier molecular flexibility index (Phi) is 3.50. The zero-order valence-electron chi connectivity index (χ0n) is 10.7. The first-order valence-corrected chi connectivity index (χ1v) is 7.04. The van der Waals surface area contributed by atoms with Crippen molar-refractivity contribution >= 4 is 11.6 Å². The first kappa shape index (κ1) is 12.3. The third kappa shape index (κ3) is 2.66. The molecule has 0 bridgehead atoms. The average Bonchev–Trinajstić information content (AvgIpc) is 2.69. The second kappa shape index (κ2) is 5.11. The highest BCUT2D eigenvalue weighted by Gasteiger charge is 2.34. The Morgan fingerprint density at radius 2 is 2.33 bits per heavy atom. The Morgan fingerprint density at radius 1 is 1.44 bits per heavy atom. The lowest BCUT2D eigenvalue weighted by atomic mass is 9.94. The zero-order chi connectivity index (χ0) is 12.5. The lowest BCUT2D eigenvalue weighted by Crippen LogP contribution is -2.40. The van der Waals surface area contributed by atoms with Gasteiger partial charge in [0.1, 0.15) is 11.0 Å². The smallest absolute Gasteiger partial charge is 0.144 e. The Hall–Kier alpha value is -0.710. The minimum atomic E-state index is 0.548. The number of hydrogen-bond donors (Lipinski definition) is 1. The van der Waals surface area contributed by atoms with E-state index in [4.69, 9.17) is 11.6 Å². The summed E-state index contributed by atoms with van der Waals surface area (Å²) in [5.74, 6) is 1.65. The summed E-state index contributed by atoms with van der Waals surface area (Å²) in [6, 6.07) is 2.47. The van der Waals surface area contributed by atoms with Crippen LogP contribution in [0.1, 0.15) is 24.4 Å². The van der Waals surface area contributed by atoms with Crippen LogP contribution in [0, 0.1) is 12.8 Å². The SMILES string of the molecule is Cc1cc(Cl)nc(CN2C[C@@H]3CCCN[C@@H]3C2)n1. The van der Waals surface area contributed by atoms with Gasteiger partial charge < -0.3 is 5.32 Å². The summed E-state index contributed by atoms with van der Waals surface area (Å²) in [6.07, 6.45) is 2.66. The molecule has 0 aliphatic carbocycles. The summed E-state index contributed by atoms with van der Waals surface area (Å²) < 4.78 is 0. The molecule has 5 heteroatoms.